The molecule has 2 rings (SSSR count). The van der Waals surface area contributed by atoms with E-state index in [9.17, 15) is 0 Å². The van der Waals surface area contributed by atoms with Crippen LogP contribution >= 0.6 is 15.9 Å². The number of ether oxygens (including phenoxy) is 2. The van der Waals surface area contributed by atoms with E-state index in [1.807, 2.05) is 18.2 Å². The van der Waals surface area contributed by atoms with Gasteiger partial charge in [-0.25, -0.2) is 0 Å². The first-order valence-corrected chi connectivity index (χ1v) is 6.04. The lowest BCUT2D eigenvalue weighted by Crippen LogP contribution is -1.89. The van der Waals surface area contributed by atoms with E-state index in [4.69, 9.17) is 14.7 Å². The van der Waals surface area contributed by atoms with Crippen LogP contribution in [0.5, 0.6) is 17.2 Å². The summed E-state index contributed by atoms with van der Waals surface area (Å²) in [4.78, 5) is 0. The summed E-state index contributed by atoms with van der Waals surface area (Å²) >= 11 is 3.35. The molecule has 0 N–H and O–H groups in total. The van der Waals surface area contributed by atoms with Crippen LogP contribution in [0.4, 0.5) is 0 Å². The Labute approximate surface area is 114 Å². The topological polar surface area (TPSA) is 42.2 Å². The summed E-state index contributed by atoms with van der Waals surface area (Å²) in [6, 6.07) is 14.6. The fourth-order valence-corrected chi connectivity index (χ4v) is 1.80. The Morgan fingerprint density at radius 1 is 1.11 bits per heavy atom. The fraction of sp³-hybridized carbons (Fsp3) is 0.0714. The van der Waals surface area contributed by atoms with Gasteiger partial charge in [0.05, 0.1) is 12.7 Å². The fourth-order valence-electron chi connectivity index (χ4n) is 1.46. The molecule has 0 amide bonds. The highest BCUT2D eigenvalue weighted by Crippen LogP contribution is 2.29. The van der Waals surface area contributed by atoms with Crippen LogP contribution in [-0.2, 0) is 0 Å². The van der Waals surface area contributed by atoms with Crippen molar-refractivity contribution in [3.05, 3.63) is 52.5 Å². The summed E-state index contributed by atoms with van der Waals surface area (Å²) in [6.07, 6.45) is 0. The first-order chi connectivity index (χ1) is 8.72. The molecule has 0 spiro atoms. The standard InChI is InChI=1S/C14H10BrNO2/c1-17-12-3-2-4-13(8-12)18-14-7-11(15)6-5-10(14)9-16/h2-8H,1H3. The van der Waals surface area contributed by atoms with Crippen molar-refractivity contribution in [1.82, 2.24) is 0 Å². The zero-order valence-corrected chi connectivity index (χ0v) is 11.3. The molecule has 0 atom stereocenters. The Bertz CT molecular complexity index is 605. The molecule has 2 aromatic carbocycles. The minimum atomic E-state index is 0.487. The van der Waals surface area contributed by atoms with E-state index in [0.29, 0.717) is 22.8 Å². The molecule has 3 nitrogen and oxygen atoms in total. The van der Waals surface area contributed by atoms with Gasteiger partial charge in [-0.15, -0.1) is 0 Å². The van der Waals surface area contributed by atoms with E-state index >= 15 is 0 Å². The van der Waals surface area contributed by atoms with Gasteiger partial charge in [0.2, 0.25) is 0 Å². The Morgan fingerprint density at radius 3 is 2.61 bits per heavy atom. The molecule has 0 heterocycles. The van der Waals surface area contributed by atoms with Crippen LogP contribution in [0.15, 0.2) is 46.9 Å². The number of benzene rings is 2. The smallest absolute Gasteiger partial charge is 0.146 e. The van der Waals surface area contributed by atoms with Crippen molar-refractivity contribution in [2.45, 2.75) is 0 Å². The quantitative estimate of drug-likeness (QED) is 0.856. The lowest BCUT2D eigenvalue weighted by Gasteiger charge is -2.09. The third kappa shape index (κ3) is 2.82. The highest BCUT2D eigenvalue weighted by Gasteiger charge is 2.06. The largest absolute Gasteiger partial charge is 0.497 e. The summed E-state index contributed by atoms with van der Waals surface area (Å²) in [5, 5.41) is 9.02. The highest BCUT2D eigenvalue weighted by molar-refractivity contribution is 9.10. The van der Waals surface area contributed by atoms with E-state index in [-0.39, 0.29) is 0 Å². The van der Waals surface area contributed by atoms with Crippen molar-refractivity contribution in [3.8, 4) is 23.3 Å². The predicted molar refractivity (Wildman–Crippen MR) is 71.9 cm³/mol. The SMILES string of the molecule is COc1cccc(Oc2cc(Br)ccc2C#N)c1. The Hall–Kier alpha value is -1.99. The summed E-state index contributed by atoms with van der Waals surface area (Å²) in [5.41, 5.74) is 0.487. The molecule has 0 aliphatic carbocycles. The third-order valence-electron chi connectivity index (χ3n) is 2.33. The van der Waals surface area contributed by atoms with Crippen molar-refractivity contribution in [3.63, 3.8) is 0 Å². The average Bonchev–Trinajstić information content (AvgIpc) is 2.39. The number of nitriles is 1. The van der Waals surface area contributed by atoms with E-state index < -0.39 is 0 Å². The molecule has 18 heavy (non-hydrogen) atoms. The Kier molecular flexibility index (Phi) is 3.85. The molecule has 0 saturated heterocycles. The molecule has 0 fully saturated rings. The van der Waals surface area contributed by atoms with Crippen LogP contribution in [0.2, 0.25) is 0 Å². The van der Waals surface area contributed by atoms with Gasteiger partial charge in [-0.2, -0.15) is 5.26 Å². The van der Waals surface area contributed by atoms with Gasteiger partial charge in [-0.05, 0) is 30.3 Å². The van der Waals surface area contributed by atoms with Crippen molar-refractivity contribution < 1.29 is 9.47 Å². The molecule has 0 saturated carbocycles. The normalized spacial score (nSPS) is 9.61. The van der Waals surface area contributed by atoms with Crippen molar-refractivity contribution in [2.24, 2.45) is 0 Å². The molecule has 0 aliphatic heterocycles. The monoisotopic (exact) mass is 303 g/mol. The first-order valence-electron chi connectivity index (χ1n) is 5.24. The van der Waals surface area contributed by atoms with Crippen LogP contribution in [0.3, 0.4) is 0 Å². The van der Waals surface area contributed by atoms with Gasteiger partial charge in [-0.1, -0.05) is 22.0 Å². The van der Waals surface area contributed by atoms with Gasteiger partial charge in [-0.3, -0.25) is 0 Å². The van der Waals surface area contributed by atoms with Gasteiger partial charge in [0.15, 0.2) is 0 Å². The molecule has 0 radical (unpaired) electrons. The number of nitrogens with zero attached hydrogens (tertiary/aromatic N) is 1. The van der Waals surface area contributed by atoms with Crippen molar-refractivity contribution in [1.29, 1.82) is 5.26 Å². The van der Waals surface area contributed by atoms with E-state index in [0.717, 1.165) is 4.47 Å². The zero-order valence-electron chi connectivity index (χ0n) is 9.68. The maximum absolute atomic E-state index is 9.02. The van der Waals surface area contributed by atoms with Crippen LogP contribution in [0.1, 0.15) is 5.56 Å². The van der Waals surface area contributed by atoms with Crippen LogP contribution in [-0.4, -0.2) is 7.11 Å². The highest BCUT2D eigenvalue weighted by atomic mass is 79.9. The third-order valence-corrected chi connectivity index (χ3v) is 2.83. The molecule has 0 unspecified atom stereocenters. The Morgan fingerprint density at radius 2 is 1.89 bits per heavy atom. The van der Waals surface area contributed by atoms with Gasteiger partial charge < -0.3 is 9.47 Å². The van der Waals surface area contributed by atoms with Gasteiger partial charge in [0.1, 0.15) is 23.3 Å². The maximum atomic E-state index is 9.02. The lowest BCUT2D eigenvalue weighted by atomic mass is 10.2. The second-order valence-electron chi connectivity index (χ2n) is 3.53. The molecule has 2 aromatic rings. The molecule has 90 valence electrons. The van der Waals surface area contributed by atoms with Crippen molar-refractivity contribution in [2.75, 3.05) is 7.11 Å². The van der Waals surface area contributed by atoms with Crippen LogP contribution in [0.25, 0.3) is 0 Å². The number of halogens is 1. The average molecular weight is 304 g/mol. The van der Waals surface area contributed by atoms with Crippen molar-refractivity contribution >= 4 is 15.9 Å². The zero-order chi connectivity index (χ0) is 13.0. The summed E-state index contributed by atoms with van der Waals surface area (Å²) in [7, 11) is 1.60. The molecule has 0 aliphatic rings. The molecule has 4 heteroatoms. The first kappa shape index (κ1) is 12.5. The minimum absolute atomic E-state index is 0.487. The second-order valence-corrected chi connectivity index (χ2v) is 4.45. The van der Waals surface area contributed by atoms with Gasteiger partial charge in [0, 0.05) is 10.5 Å². The summed E-state index contributed by atoms with van der Waals surface area (Å²) in [5.74, 6) is 1.85. The van der Waals surface area contributed by atoms with Crippen LogP contribution in [0, 0.1) is 11.3 Å². The van der Waals surface area contributed by atoms with E-state index in [1.165, 1.54) is 0 Å². The lowest BCUT2D eigenvalue weighted by molar-refractivity contribution is 0.409. The molecule has 0 bridgehead atoms. The summed E-state index contributed by atoms with van der Waals surface area (Å²) in [6.45, 7) is 0. The maximum Gasteiger partial charge on any atom is 0.146 e. The van der Waals surface area contributed by atoms with Crippen LogP contribution < -0.4 is 9.47 Å². The number of hydrogen-bond acceptors (Lipinski definition) is 3. The predicted octanol–water partition coefficient (Wildman–Crippen LogP) is 4.12. The molecular weight excluding hydrogens is 294 g/mol. The Balaban J connectivity index is 2.33. The summed E-state index contributed by atoms with van der Waals surface area (Å²) < 4.78 is 11.7. The van der Waals surface area contributed by atoms with E-state index in [1.54, 1.807) is 31.4 Å². The second kappa shape index (κ2) is 5.56. The number of methoxy groups -OCH3 is 1. The molecule has 0 aromatic heterocycles. The van der Waals surface area contributed by atoms with E-state index in [2.05, 4.69) is 22.0 Å². The molecular formula is C14H10BrNO2. The number of hydrogen-bond donors (Lipinski definition) is 0. The van der Waals surface area contributed by atoms with Gasteiger partial charge >= 0.3 is 0 Å². The van der Waals surface area contributed by atoms with Gasteiger partial charge in [0.25, 0.3) is 0 Å². The minimum Gasteiger partial charge on any atom is -0.497 e. The number of rotatable bonds is 3.